The second-order valence-corrected chi connectivity index (χ2v) is 8.73. The minimum Gasteiger partial charge on any atom is -0.370 e. The Morgan fingerprint density at radius 1 is 0.893 bits per heavy atom. The van der Waals surface area contributed by atoms with Gasteiger partial charge in [0, 0.05) is 31.0 Å². The third-order valence-electron chi connectivity index (χ3n) is 6.23. The van der Waals surface area contributed by atoms with Gasteiger partial charge in [0.25, 0.3) is 0 Å². The van der Waals surface area contributed by atoms with Crippen LogP contribution in [0.3, 0.4) is 0 Å². The standard InChI is InChI=1S/C24H33N3O/c1-19-8-6-10-21(25-19)16-27(17-22-11-7-9-20(2)26-22)18-23-12-15-24(28-23)13-4-3-5-14-24/h6-11,23H,3-5,12-18H2,1-2H3. The Morgan fingerprint density at radius 2 is 1.50 bits per heavy atom. The molecule has 2 fully saturated rings. The van der Waals surface area contributed by atoms with E-state index in [4.69, 9.17) is 14.7 Å². The lowest BCUT2D eigenvalue weighted by molar-refractivity contribution is -0.0732. The fraction of sp³-hybridized carbons (Fsp3) is 0.583. The maximum atomic E-state index is 6.66. The van der Waals surface area contributed by atoms with Crippen LogP contribution in [0.15, 0.2) is 36.4 Å². The average Bonchev–Trinajstić information content (AvgIpc) is 3.04. The van der Waals surface area contributed by atoms with E-state index in [1.807, 2.05) is 0 Å². The van der Waals surface area contributed by atoms with Gasteiger partial charge in [-0.05, 0) is 63.8 Å². The summed E-state index contributed by atoms with van der Waals surface area (Å²) in [5.41, 5.74) is 4.57. The van der Waals surface area contributed by atoms with Crippen LogP contribution < -0.4 is 0 Å². The highest BCUT2D eigenvalue weighted by molar-refractivity contribution is 5.12. The molecule has 0 amide bonds. The highest BCUT2D eigenvalue weighted by Gasteiger charge is 2.41. The molecule has 3 heterocycles. The third-order valence-corrected chi connectivity index (χ3v) is 6.23. The smallest absolute Gasteiger partial charge is 0.0710 e. The molecule has 2 aliphatic rings. The maximum absolute atomic E-state index is 6.66. The van der Waals surface area contributed by atoms with E-state index in [0.29, 0.717) is 6.10 Å². The molecule has 0 N–H and O–H groups in total. The zero-order valence-corrected chi connectivity index (χ0v) is 17.4. The maximum Gasteiger partial charge on any atom is 0.0710 e. The van der Waals surface area contributed by atoms with Gasteiger partial charge in [-0.1, -0.05) is 31.4 Å². The van der Waals surface area contributed by atoms with Crippen LogP contribution in [-0.4, -0.2) is 33.1 Å². The first-order valence-electron chi connectivity index (χ1n) is 10.9. The normalized spacial score (nSPS) is 21.5. The summed E-state index contributed by atoms with van der Waals surface area (Å²) in [4.78, 5) is 11.9. The lowest BCUT2D eigenvalue weighted by atomic mass is 9.83. The van der Waals surface area contributed by atoms with Crippen molar-refractivity contribution in [2.75, 3.05) is 6.54 Å². The van der Waals surface area contributed by atoms with Crippen LogP contribution in [0.5, 0.6) is 0 Å². The molecule has 28 heavy (non-hydrogen) atoms. The predicted molar refractivity (Wildman–Crippen MR) is 112 cm³/mol. The summed E-state index contributed by atoms with van der Waals surface area (Å²) >= 11 is 0. The molecule has 1 saturated heterocycles. The summed E-state index contributed by atoms with van der Waals surface area (Å²) in [5.74, 6) is 0. The molecule has 1 saturated carbocycles. The van der Waals surface area contributed by atoms with E-state index in [1.54, 1.807) is 0 Å². The van der Waals surface area contributed by atoms with Gasteiger partial charge in [0.15, 0.2) is 0 Å². The van der Waals surface area contributed by atoms with Gasteiger partial charge in [-0.25, -0.2) is 0 Å². The van der Waals surface area contributed by atoms with Crippen molar-refractivity contribution < 1.29 is 4.74 Å². The van der Waals surface area contributed by atoms with E-state index in [9.17, 15) is 0 Å². The van der Waals surface area contributed by atoms with Gasteiger partial charge >= 0.3 is 0 Å². The summed E-state index contributed by atoms with van der Waals surface area (Å²) in [7, 11) is 0. The molecule has 4 nitrogen and oxygen atoms in total. The summed E-state index contributed by atoms with van der Waals surface area (Å²) < 4.78 is 6.66. The van der Waals surface area contributed by atoms with Gasteiger partial charge in [0.2, 0.25) is 0 Å². The van der Waals surface area contributed by atoms with Crippen LogP contribution in [0.2, 0.25) is 0 Å². The van der Waals surface area contributed by atoms with Crippen molar-refractivity contribution in [1.82, 2.24) is 14.9 Å². The van der Waals surface area contributed by atoms with Crippen LogP contribution in [0.1, 0.15) is 67.7 Å². The lowest BCUT2D eigenvalue weighted by Crippen LogP contribution is -2.36. The molecule has 4 rings (SSSR count). The Bertz CT molecular complexity index is 737. The van der Waals surface area contributed by atoms with Crippen molar-refractivity contribution in [2.24, 2.45) is 0 Å². The van der Waals surface area contributed by atoms with E-state index >= 15 is 0 Å². The molecule has 1 atom stereocenters. The van der Waals surface area contributed by atoms with Crippen molar-refractivity contribution >= 4 is 0 Å². The molecule has 1 aliphatic carbocycles. The van der Waals surface area contributed by atoms with E-state index in [2.05, 4.69) is 55.1 Å². The fourth-order valence-corrected chi connectivity index (χ4v) is 4.89. The van der Waals surface area contributed by atoms with Crippen molar-refractivity contribution in [2.45, 2.75) is 83.6 Å². The van der Waals surface area contributed by atoms with Crippen LogP contribution in [0, 0.1) is 13.8 Å². The number of nitrogens with zero attached hydrogens (tertiary/aromatic N) is 3. The molecule has 1 unspecified atom stereocenters. The minimum absolute atomic E-state index is 0.178. The van der Waals surface area contributed by atoms with Crippen molar-refractivity contribution in [3.05, 3.63) is 59.2 Å². The van der Waals surface area contributed by atoms with Crippen LogP contribution in [0.25, 0.3) is 0 Å². The number of pyridine rings is 2. The molecule has 0 radical (unpaired) electrons. The lowest BCUT2D eigenvalue weighted by Gasteiger charge is -2.34. The molecule has 1 spiro atoms. The molecule has 1 aliphatic heterocycles. The van der Waals surface area contributed by atoms with E-state index in [0.717, 1.165) is 42.4 Å². The van der Waals surface area contributed by atoms with E-state index in [1.165, 1.54) is 44.9 Å². The number of hydrogen-bond acceptors (Lipinski definition) is 4. The largest absolute Gasteiger partial charge is 0.370 e. The Balaban J connectivity index is 1.46. The van der Waals surface area contributed by atoms with Crippen LogP contribution >= 0.6 is 0 Å². The average molecular weight is 380 g/mol. The van der Waals surface area contributed by atoms with Gasteiger partial charge in [-0.3, -0.25) is 14.9 Å². The van der Waals surface area contributed by atoms with Crippen LogP contribution in [0.4, 0.5) is 0 Å². The van der Waals surface area contributed by atoms with Gasteiger partial charge in [-0.15, -0.1) is 0 Å². The molecule has 0 bridgehead atoms. The third kappa shape index (κ3) is 4.98. The summed E-state index contributed by atoms with van der Waals surface area (Å²) in [6.07, 6.45) is 9.28. The molecular weight excluding hydrogens is 346 g/mol. The zero-order valence-electron chi connectivity index (χ0n) is 17.4. The molecular formula is C24H33N3O. The highest BCUT2D eigenvalue weighted by Crippen LogP contribution is 2.42. The van der Waals surface area contributed by atoms with Gasteiger partial charge < -0.3 is 4.74 Å². The van der Waals surface area contributed by atoms with Crippen molar-refractivity contribution in [3.8, 4) is 0 Å². The molecule has 2 aromatic heterocycles. The summed E-state index contributed by atoms with van der Waals surface area (Å²) in [6, 6.07) is 12.6. The first kappa shape index (κ1) is 19.5. The van der Waals surface area contributed by atoms with Crippen molar-refractivity contribution in [1.29, 1.82) is 0 Å². The number of aryl methyl sites for hydroxylation is 2. The van der Waals surface area contributed by atoms with Crippen LogP contribution in [-0.2, 0) is 17.8 Å². The zero-order chi connectivity index (χ0) is 19.4. The Morgan fingerprint density at radius 3 is 2.07 bits per heavy atom. The van der Waals surface area contributed by atoms with Gasteiger partial charge in [0.1, 0.15) is 0 Å². The second kappa shape index (κ2) is 8.71. The number of ether oxygens (including phenoxy) is 1. The quantitative estimate of drug-likeness (QED) is 0.710. The molecule has 4 heteroatoms. The monoisotopic (exact) mass is 379 g/mol. The number of aromatic nitrogens is 2. The Labute approximate surface area is 169 Å². The first-order chi connectivity index (χ1) is 13.6. The minimum atomic E-state index is 0.178. The molecule has 0 aromatic carbocycles. The molecule has 2 aromatic rings. The highest BCUT2D eigenvalue weighted by atomic mass is 16.5. The number of rotatable bonds is 6. The fourth-order valence-electron chi connectivity index (χ4n) is 4.89. The molecule has 150 valence electrons. The SMILES string of the molecule is Cc1cccc(CN(Cc2cccc(C)n2)CC2CCC3(CCCCC3)O2)n1. The first-order valence-corrected chi connectivity index (χ1v) is 10.9. The van der Waals surface area contributed by atoms with Gasteiger partial charge in [-0.2, -0.15) is 0 Å². The Hall–Kier alpha value is -1.78. The van der Waals surface area contributed by atoms with E-state index in [-0.39, 0.29) is 5.60 Å². The Kier molecular flexibility index (Phi) is 6.07. The van der Waals surface area contributed by atoms with E-state index < -0.39 is 0 Å². The summed E-state index contributed by atoms with van der Waals surface area (Å²) in [6.45, 7) is 6.74. The second-order valence-electron chi connectivity index (χ2n) is 8.73. The predicted octanol–water partition coefficient (Wildman–Crippen LogP) is 4.98. The topological polar surface area (TPSA) is 38.2 Å². The number of hydrogen-bond donors (Lipinski definition) is 0. The van der Waals surface area contributed by atoms with Gasteiger partial charge in [0.05, 0.1) is 23.1 Å². The summed E-state index contributed by atoms with van der Waals surface area (Å²) in [5, 5.41) is 0. The van der Waals surface area contributed by atoms with Crippen molar-refractivity contribution in [3.63, 3.8) is 0 Å².